The highest BCUT2D eigenvalue weighted by molar-refractivity contribution is 6.74. The standard InChI is InChI=1S/C32H47NO6Si2/c1-31(2,3)40(7,8)38-26-19-33(27(29(34)35)28(26)39-41(9,10)32(4,5)6)30(36)37-20-25-23-17-13-11-15-21(23)22-16-12-14-18-24(22)25/h11-18,25-28H,19-20H2,1-10H3,(H,34,35)/t26-,27+,28-/m0/s1. The number of rotatable bonds is 7. The molecule has 41 heavy (non-hydrogen) atoms. The monoisotopic (exact) mass is 597 g/mol. The van der Waals surface area contributed by atoms with Crippen LogP contribution in [0.25, 0.3) is 11.1 Å². The van der Waals surface area contributed by atoms with Crippen molar-refractivity contribution >= 4 is 28.7 Å². The number of ether oxygens (including phenoxy) is 1. The Morgan fingerprint density at radius 2 is 1.29 bits per heavy atom. The molecule has 0 radical (unpaired) electrons. The first-order valence-electron chi connectivity index (χ1n) is 14.6. The van der Waals surface area contributed by atoms with E-state index in [2.05, 4.69) is 92.0 Å². The molecule has 0 bridgehead atoms. The first-order chi connectivity index (χ1) is 18.9. The highest BCUT2D eigenvalue weighted by Crippen LogP contribution is 2.45. The lowest BCUT2D eigenvalue weighted by molar-refractivity contribution is -0.144. The predicted molar refractivity (Wildman–Crippen MR) is 167 cm³/mol. The fourth-order valence-electron chi connectivity index (χ4n) is 5.25. The van der Waals surface area contributed by atoms with Crippen LogP contribution in [-0.2, 0) is 18.4 Å². The maximum Gasteiger partial charge on any atom is 0.410 e. The second-order valence-electron chi connectivity index (χ2n) is 14.5. The van der Waals surface area contributed by atoms with Gasteiger partial charge in [0.2, 0.25) is 0 Å². The number of carbonyl (C=O) groups excluding carboxylic acids is 1. The zero-order valence-electron chi connectivity index (χ0n) is 26.3. The van der Waals surface area contributed by atoms with Crippen LogP contribution in [0.2, 0.25) is 36.3 Å². The number of carboxylic acids is 1. The van der Waals surface area contributed by atoms with Gasteiger partial charge in [0.15, 0.2) is 22.7 Å². The molecule has 1 heterocycles. The van der Waals surface area contributed by atoms with Gasteiger partial charge in [-0.05, 0) is 58.5 Å². The summed E-state index contributed by atoms with van der Waals surface area (Å²) < 4.78 is 19.5. The van der Waals surface area contributed by atoms with E-state index in [1.54, 1.807) is 0 Å². The van der Waals surface area contributed by atoms with Crippen molar-refractivity contribution in [1.29, 1.82) is 0 Å². The third-order valence-electron chi connectivity index (χ3n) is 9.70. The van der Waals surface area contributed by atoms with Crippen molar-refractivity contribution in [1.82, 2.24) is 4.90 Å². The molecule has 3 atom stereocenters. The molecule has 1 aliphatic heterocycles. The normalized spacial score (nSPS) is 21.5. The summed E-state index contributed by atoms with van der Waals surface area (Å²) in [5.41, 5.74) is 4.49. The Bertz CT molecular complexity index is 1250. The summed E-state index contributed by atoms with van der Waals surface area (Å²) >= 11 is 0. The maximum absolute atomic E-state index is 13.7. The summed E-state index contributed by atoms with van der Waals surface area (Å²) in [6, 6.07) is 15.1. The summed E-state index contributed by atoms with van der Waals surface area (Å²) in [6.07, 6.45) is -2.00. The van der Waals surface area contributed by atoms with Gasteiger partial charge < -0.3 is 18.7 Å². The van der Waals surface area contributed by atoms with Crippen LogP contribution in [0.1, 0.15) is 58.6 Å². The zero-order chi connectivity index (χ0) is 30.5. The minimum atomic E-state index is -2.41. The van der Waals surface area contributed by atoms with E-state index < -0.39 is 46.9 Å². The van der Waals surface area contributed by atoms with Crippen LogP contribution >= 0.6 is 0 Å². The van der Waals surface area contributed by atoms with Gasteiger partial charge in [-0.25, -0.2) is 9.59 Å². The number of amides is 1. The lowest BCUT2D eigenvalue weighted by Gasteiger charge is -2.43. The van der Waals surface area contributed by atoms with E-state index in [1.165, 1.54) is 4.90 Å². The summed E-state index contributed by atoms with van der Waals surface area (Å²) in [5.74, 6) is -1.22. The number of nitrogens with zero attached hydrogens (tertiary/aromatic N) is 1. The van der Waals surface area contributed by atoms with Gasteiger partial charge in [-0.1, -0.05) is 90.1 Å². The van der Waals surface area contributed by atoms with Gasteiger partial charge in [-0.15, -0.1) is 0 Å². The van der Waals surface area contributed by atoms with Crippen molar-refractivity contribution in [3.63, 3.8) is 0 Å². The van der Waals surface area contributed by atoms with Crippen LogP contribution in [0.5, 0.6) is 0 Å². The molecule has 2 aromatic rings. The molecule has 4 rings (SSSR count). The molecule has 0 aromatic heterocycles. The third-order valence-corrected chi connectivity index (χ3v) is 18.7. The summed E-state index contributed by atoms with van der Waals surface area (Å²) in [4.78, 5) is 27.8. The van der Waals surface area contributed by atoms with Gasteiger partial charge in [0.25, 0.3) is 0 Å². The van der Waals surface area contributed by atoms with E-state index in [0.717, 1.165) is 22.3 Å². The summed E-state index contributed by atoms with van der Waals surface area (Å²) in [5, 5.41) is 10.2. The van der Waals surface area contributed by atoms with Crippen LogP contribution in [0.15, 0.2) is 48.5 Å². The third kappa shape index (κ3) is 6.05. The minimum Gasteiger partial charge on any atom is -0.480 e. The summed E-state index contributed by atoms with van der Waals surface area (Å²) in [7, 11) is -4.73. The average Bonchev–Trinajstić information content (AvgIpc) is 3.36. The topological polar surface area (TPSA) is 85.3 Å². The molecule has 9 heteroatoms. The fourth-order valence-corrected chi connectivity index (χ4v) is 7.88. The van der Waals surface area contributed by atoms with E-state index in [4.69, 9.17) is 13.6 Å². The second kappa shape index (κ2) is 11.0. The number of fused-ring (bicyclic) bond motifs is 3. The number of benzene rings is 2. The van der Waals surface area contributed by atoms with Gasteiger partial charge in [0.05, 0.1) is 12.6 Å². The molecule has 1 saturated heterocycles. The molecule has 0 saturated carbocycles. The van der Waals surface area contributed by atoms with Crippen molar-refractivity contribution in [2.45, 2.75) is 102 Å². The number of likely N-dealkylation sites (tertiary alicyclic amines) is 1. The van der Waals surface area contributed by atoms with Crippen LogP contribution < -0.4 is 0 Å². The maximum atomic E-state index is 13.7. The van der Waals surface area contributed by atoms with Gasteiger partial charge in [0, 0.05) is 5.92 Å². The summed E-state index contributed by atoms with van der Waals surface area (Å²) in [6.45, 7) is 21.5. The Kier molecular flexibility index (Phi) is 8.43. The highest BCUT2D eigenvalue weighted by Gasteiger charge is 2.55. The Balaban J connectivity index is 1.62. The highest BCUT2D eigenvalue weighted by atomic mass is 28.4. The van der Waals surface area contributed by atoms with Gasteiger partial charge >= 0.3 is 12.1 Å². The predicted octanol–water partition coefficient (Wildman–Crippen LogP) is 7.49. The van der Waals surface area contributed by atoms with E-state index >= 15 is 0 Å². The number of aliphatic carboxylic acids is 1. The first kappa shape index (κ1) is 31.5. The Hall–Kier alpha value is -2.47. The van der Waals surface area contributed by atoms with Crippen LogP contribution in [0.3, 0.4) is 0 Å². The molecule has 0 unspecified atom stereocenters. The Morgan fingerprint density at radius 3 is 1.76 bits per heavy atom. The molecule has 1 aliphatic carbocycles. The fraction of sp³-hybridized carbons (Fsp3) is 0.562. The lowest BCUT2D eigenvalue weighted by Crippen LogP contribution is -2.55. The van der Waals surface area contributed by atoms with Crippen molar-refractivity contribution in [2.75, 3.05) is 13.2 Å². The molecule has 7 nitrogen and oxygen atoms in total. The smallest absolute Gasteiger partial charge is 0.410 e. The largest absolute Gasteiger partial charge is 0.480 e. The number of hydrogen-bond donors (Lipinski definition) is 1. The van der Waals surface area contributed by atoms with Crippen molar-refractivity contribution in [3.05, 3.63) is 59.7 Å². The molecule has 2 aromatic carbocycles. The van der Waals surface area contributed by atoms with E-state index in [0.29, 0.717) is 0 Å². The van der Waals surface area contributed by atoms with Gasteiger partial charge in [0.1, 0.15) is 12.7 Å². The molecular formula is C32H47NO6Si2. The van der Waals surface area contributed by atoms with Crippen LogP contribution in [0, 0.1) is 0 Å². The molecular weight excluding hydrogens is 551 g/mol. The number of carbonyl (C=O) groups is 2. The SMILES string of the molecule is CC(C)(C)[Si](C)(C)O[C@H]1[C@@H](O[Si](C)(C)C(C)(C)C)CN(C(=O)OCC2c3ccccc3-c3ccccc32)[C@H]1C(=O)O. The van der Waals surface area contributed by atoms with E-state index in [9.17, 15) is 14.7 Å². The zero-order valence-corrected chi connectivity index (χ0v) is 28.3. The minimum absolute atomic E-state index is 0.0928. The Morgan fingerprint density at radius 1 is 0.829 bits per heavy atom. The van der Waals surface area contributed by atoms with Crippen molar-refractivity contribution in [3.8, 4) is 11.1 Å². The quantitative estimate of drug-likeness (QED) is 0.333. The van der Waals surface area contributed by atoms with Crippen LogP contribution in [-0.4, -0.2) is 70.1 Å². The van der Waals surface area contributed by atoms with Crippen molar-refractivity contribution < 1.29 is 28.3 Å². The Labute approximate surface area is 247 Å². The second-order valence-corrected chi connectivity index (χ2v) is 24.0. The van der Waals surface area contributed by atoms with Gasteiger partial charge in [-0.3, -0.25) is 4.90 Å². The van der Waals surface area contributed by atoms with Gasteiger partial charge in [-0.2, -0.15) is 0 Å². The molecule has 0 spiro atoms. The average molecular weight is 598 g/mol. The first-order valence-corrected chi connectivity index (χ1v) is 20.4. The number of carboxylic acid groups (broad SMARTS) is 1. The van der Waals surface area contributed by atoms with Crippen molar-refractivity contribution in [2.24, 2.45) is 0 Å². The molecule has 1 fully saturated rings. The number of hydrogen-bond acceptors (Lipinski definition) is 5. The molecule has 2 aliphatic rings. The molecule has 1 amide bonds. The van der Waals surface area contributed by atoms with Crippen LogP contribution in [0.4, 0.5) is 4.79 Å². The lowest BCUT2D eigenvalue weighted by atomic mass is 9.98. The van der Waals surface area contributed by atoms with E-state index in [-0.39, 0.29) is 29.1 Å². The van der Waals surface area contributed by atoms with E-state index in [1.807, 2.05) is 24.3 Å². The molecule has 1 N–H and O–H groups in total. The molecule has 224 valence electrons.